The van der Waals surface area contributed by atoms with Gasteiger partial charge in [0.15, 0.2) is 0 Å². The summed E-state index contributed by atoms with van der Waals surface area (Å²) in [6.45, 7) is -0.626. The fourth-order valence-corrected chi connectivity index (χ4v) is 3.67. The van der Waals surface area contributed by atoms with Crippen molar-refractivity contribution in [2.75, 3.05) is 32.7 Å². The molecule has 2 aliphatic rings. The van der Waals surface area contributed by atoms with Gasteiger partial charge in [0.25, 0.3) is 5.91 Å². The topological polar surface area (TPSA) is 61.9 Å². The Balaban J connectivity index is 1.50. The highest BCUT2D eigenvalue weighted by Crippen LogP contribution is 2.22. The van der Waals surface area contributed by atoms with Crippen LogP contribution < -0.4 is 10.1 Å². The van der Waals surface area contributed by atoms with Crippen LogP contribution >= 0.6 is 0 Å². The normalized spacial score (nSPS) is 18.7. The number of amides is 2. The first-order chi connectivity index (χ1) is 13.0. The van der Waals surface area contributed by atoms with Gasteiger partial charge >= 0.3 is 6.61 Å². The van der Waals surface area contributed by atoms with Gasteiger partial charge < -0.3 is 15.0 Å². The third-order valence-corrected chi connectivity index (χ3v) is 5.08. The van der Waals surface area contributed by atoms with E-state index >= 15 is 0 Å². The lowest BCUT2D eigenvalue weighted by Gasteiger charge is -2.34. The van der Waals surface area contributed by atoms with Gasteiger partial charge in [0.05, 0.1) is 12.1 Å². The zero-order valence-corrected chi connectivity index (χ0v) is 15.2. The minimum absolute atomic E-state index is 0.0253. The fourth-order valence-electron chi connectivity index (χ4n) is 3.67. The number of nitrogens with zero attached hydrogens (tertiary/aromatic N) is 2. The van der Waals surface area contributed by atoms with Gasteiger partial charge in [-0.3, -0.25) is 14.5 Å². The molecule has 8 heteroatoms. The molecule has 0 aromatic heterocycles. The number of hydrogen-bond donors (Lipinski definition) is 1. The Labute approximate surface area is 157 Å². The number of alkyl halides is 2. The lowest BCUT2D eigenvalue weighted by molar-refractivity contribution is -0.123. The molecule has 1 saturated heterocycles. The molecule has 1 N–H and O–H groups in total. The van der Waals surface area contributed by atoms with E-state index in [1.807, 2.05) is 4.90 Å². The maximum Gasteiger partial charge on any atom is 0.387 e. The van der Waals surface area contributed by atoms with Gasteiger partial charge in [0.1, 0.15) is 5.75 Å². The molecule has 27 heavy (non-hydrogen) atoms. The first kappa shape index (κ1) is 19.5. The number of nitrogens with one attached hydrogen (secondary N) is 1. The SMILES string of the molecule is O=C(CN1CCN(C(=O)c2ccccc2OC(F)F)CC1)NC1CCCC1. The van der Waals surface area contributed by atoms with Crippen molar-refractivity contribution in [3.05, 3.63) is 29.8 Å². The van der Waals surface area contributed by atoms with Crippen molar-refractivity contribution >= 4 is 11.8 Å². The first-order valence-corrected chi connectivity index (χ1v) is 9.38. The average Bonchev–Trinajstić information content (AvgIpc) is 3.14. The summed E-state index contributed by atoms with van der Waals surface area (Å²) in [7, 11) is 0. The number of benzene rings is 1. The fraction of sp³-hybridized carbons (Fsp3) is 0.579. The van der Waals surface area contributed by atoms with Crippen LogP contribution in [0.4, 0.5) is 8.78 Å². The molecule has 2 fully saturated rings. The van der Waals surface area contributed by atoms with E-state index in [1.165, 1.54) is 25.0 Å². The van der Waals surface area contributed by atoms with Crippen molar-refractivity contribution < 1.29 is 23.1 Å². The second kappa shape index (κ2) is 9.12. The van der Waals surface area contributed by atoms with Gasteiger partial charge in [0, 0.05) is 32.2 Å². The Bertz CT molecular complexity index is 657. The number of rotatable bonds is 6. The van der Waals surface area contributed by atoms with Crippen LogP contribution in [-0.4, -0.2) is 67.0 Å². The van der Waals surface area contributed by atoms with Gasteiger partial charge in [0.2, 0.25) is 5.91 Å². The predicted molar refractivity (Wildman–Crippen MR) is 95.8 cm³/mol. The van der Waals surface area contributed by atoms with E-state index in [1.54, 1.807) is 17.0 Å². The Morgan fingerprint density at radius 2 is 1.78 bits per heavy atom. The highest BCUT2D eigenvalue weighted by atomic mass is 19.3. The summed E-state index contributed by atoms with van der Waals surface area (Å²) >= 11 is 0. The summed E-state index contributed by atoms with van der Waals surface area (Å²) in [6, 6.07) is 6.32. The van der Waals surface area contributed by atoms with E-state index in [2.05, 4.69) is 10.1 Å². The molecular formula is C19H25F2N3O3. The molecule has 148 valence electrons. The first-order valence-electron chi connectivity index (χ1n) is 9.38. The highest BCUT2D eigenvalue weighted by Gasteiger charge is 2.26. The van der Waals surface area contributed by atoms with Crippen LogP contribution in [0.5, 0.6) is 5.75 Å². The maximum absolute atomic E-state index is 12.7. The van der Waals surface area contributed by atoms with Crippen molar-refractivity contribution in [3.8, 4) is 5.75 Å². The summed E-state index contributed by atoms with van der Waals surface area (Å²) in [5, 5.41) is 3.06. The predicted octanol–water partition coefficient (Wildman–Crippen LogP) is 2.10. The summed E-state index contributed by atoms with van der Waals surface area (Å²) in [5.41, 5.74) is 0.130. The molecule has 1 aromatic rings. The van der Waals surface area contributed by atoms with Gasteiger partial charge in [-0.2, -0.15) is 8.78 Å². The summed E-state index contributed by atoms with van der Waals surface area (Å²) in [4.78, 5) is 28.4. The second-order valence-electron chi connectivity index (χ2n) is 6.99. The maximum atomic E-state index is 12.7. The Morgan fingerprint density at radius 1 is 1.11 bits per heavy atom. The van der Waals surface area contributed by atoms with Gasteiger partial charge in [-0.1, -0.05) is 25.0 Å². The van der Waals surface area contributed by atoms with E-state index in [4.69, 9.17) is 0 Å². The molecule has 0 bridgehead atoms. The van der Waals surface area contributed by atoms with Crippen LogP contribution in [-0.2, 0) is 4.79 Å². The number of halogens is 2. The summed E-state index contributed by atoms with van der Waals surface area (Å²) in [6.07, 6.45) is 4.44. The molecular weight excluding hydrogens is 356 g/mol. The quantitative estimate of drug-likeness (QED) is 0.820. The van der Waals surface area contributed by atoms with Crippen LogP contribution in [0.3, 0.4) is 0 Å². The Hall–Kier alpha value is -2.22. The number of hydrogen-bond acceptors (Lipinski definition) is 4. The molecule has 1 saturated carbocycles. The van der Waals surface area contributed by atoms with Crippen LogP contribution in [0, 0.1) is 0 Å². The van der Waals surface area contributed by atoms with E-state index in [0.717, 1.165) is 12.8 Å². The zero-order chi connectivity index (χ0) is 19.2. The standard InChI is InChI=1S/C19H25F2N3O3/c20-19(21)27-16-8-4-3-7-15(16)18(26)24-11-9-23(10-12-24)13-17(25)22-14-5-1-2-6-14/h3-4,7-8,14,19H,1-2,5-6,9-13H2,(H,22,25). The lowest BCUT2D eigenvalue weighted by atomic mass is 10.1. The smallest absolute Gasteiger partial charge is 0.387 e. The summed E-state index contributed by atoms with van der Waals surface area (Å²) < 4.78 is 29.5. The Kier molecular flexibility index (Phi) is 6.60. The van der Waals surface area contributed by atoms with E-state index < -0.39 is 6.61 Å². The average molecular weight is 381 g/mol. The molecule has 2 amide bonds. The van der Waals surface area contributed by atoms with Crippen molar-refractivity contribution in [3.63, 3.8) is 0 Å². The highest BCUT2D eigenvalue weighted by molar-refractivity contribution is 5.97. The van der Waals surface area contributed by atoms with E-state index in [-0.39, 0.29) is 23.1 Å². The van der Waals surface area contributed by atoms with Crippen LogP contribution in [0.2, 0.25) is 0 Å². The lowest BCUT2D eigenvalue weighted by Crippen LogP contribution is -2.51. The van der Waals surface area contributed by atoms with E-state index in [9.17, 15) is 18.4 Å². The molecule has 1 aliphatic carbocycles. The molecule has 1 heterocycles. The van der Waals surface area contributed by atoms with Crippen molar-refractivity contribution in [1.82, 2.24) is 15.1 Å². The molecule has 1 aromatic carbocycles. The van der Waals surface area contributed by atoms with Crippen molar-refractivity contribution in [2.45, 2.75) is 38.3 Å². The molecule has 3 rings (SSSR count). The second-order valence-corrected chi connectivity index (χ2v) is 6.99. The largest absolute Gasteiger partial charge is 0.434 e. The van der Waals surface area contributed by atoms with Crippen LogP contribution in [0.25, 0.3) is 0 Å². The number of carbonyl (C=O) groups excluding carboxylic acids is 2. The minimum Gasteiger partial charge on any atom is -0.434 e. The molecule has 0 atom stereocenters. The third kappa shape index (κ3) is 5.38. The van der Waals surface area contributed by atoms with E-state index in [0.29, 0.717) is 38.8 Å². The van der Waals surface area contributed by atoms with Crippen LogP contribution in [0.1, 0.15) is 36.0 Å². The zero-order valence-electron chi connectivity index (χ0n) is 15.2. The van der Waals surface area contributed by atoms with Gasteiger partial charge in [-0.15, -0.1) is 0 Å². The van der Waals surface area contributed by atoms with Crippen molar-refractivity contribution in [1.29, 1.82) is 0 Å². The summed E-state index contributed by atoms with van der Waals surface area (Å²) in [5.74, 6) is -0.422. The van der Waals surface area contributed by atoms with Gasteiger partial charge in [-0.05, 0) is 25.0 Å². The van der Waals surface area contributed by atoms with Crippen molar-refractivity contribution in [2.24, 2.45) is 0 Å². The number of piperazine rings is 1. The molecule has 1 aliphatic heterocycles. The molecule has 0 unspecified atom stereocenters. The van der Waals surface area contributed by atoms with Gasteiger partial charge in [-0.25, -0.2) is 0 Å². The number of carbonyl (C=O) groups is 2. The Morgan fingerprint density at radius 3 is 2.44 bits per heavy atom. The number of ether oxygens (including phenoxy) is 1. The molecule has 0 spiro atoms. The molecule has 6 nitrogen and oxygen atoms in total. The van der Waals surface area contributed by atoms with Crippen LogP contribution in [0.15, 0.2) is 24.3 Å². The third-order valence-electron chi connectivity index (χ3n) is 5.08. The number of para-hydroxylation sites is 1. The monoisotopic (exact) mass is 381 g/mol. The minimum atomic E-state index is -2.98. The molecule has 0 radical (unpaired) electrons.